The number of piperidine rings is 1. The normalized spacial score (nSPS) is 22.1. The molecule has 1 N–H and O–H groups in total. The Morgan fingerprint density at radius 3 is 2.56 bits per heavy atom. The molecular formula is C27H31N7O2. The van der Waals surface area contributed by atoms with Gasteiger partial charge in [-0.05, 0) is 51.6 Å². The van der Waals surface area contributed by atoms with Crippen LogP contribution < -0.4 is 10.1 Å². The number of morpholine rings is 1. The number of ether oxygens (including phenoxy) is 2. The Kier molecular flexibility index (Phi) is 5.81. The number of nitrogens with one attached hydrogen (secondary N) is 1. The SMILES string of the molecule is Cc1cc(-c2ccn3nc(Nc4cc(C)nc(C)n4)cc3c2)c(O[C@H]2C[C@H]3COC[C@@H](C2)N3C)cn1. The first-order chi connectivity index (χ1) is 17.4. The lowest BCUT2D eigenvalue weighted by molar-refractivity contribution is -0.0879. The van der Waals surface area contributed by atoms with Crippen LogP contribution in [0.4, 0.5) is 11.6 Å². The van der Waals surface area contributed by atoms with Crippen LogP contribution in [0.15, 0.2) is 42.7 Å². The van der Waals surface area contributed by atoms with Crippen LogP contribution >= 0.6 is 0 Å². The van der Waals surface area contributed by atoms with Gasteiger partial charge in [0.15, 0.2) is 5.82 Å². The first-order valence-corrected chi connectivity index (χ1v) is 12.4. The van der Waals surface area contributed by atoms with E-state index in [1.165, 1.54) is 0 Å². The summed E-state index contributed by atoms with van der Waals surface area (Å²) in [6.45, 7) is 7.40. The zero-order valence-corrected chi connectivity index (χ0v) is 21.1. The summed E-state index contributed by atoms with van der Waals surface area (Å²) < 4.78 is 14.2. The highest BCUT2D eigenvalue weighted by Crippen LogP contribution is 2.35. The lowest BCUT2D eigenvalue weighted by Gasteiger charge is -2.46. The number of rotatable bonds is 5. The van der Waals surface area contributed by atoms with Gasteiger partial charge in [0, 0.05) is 60.2 Å². The van der Waals surface area contributed by atoms with Crippen molar-refractivity contribution >= 4 is 17.2 Å². The number of fused-ring (bicyclic) bond motifs is 3. The number of aryl methyl sites for hydroxylation is 3. The Balaban J connectivity index is 1.28. The average Bonchev–Trinajstić information content (AvgIpc) is 3.21. The molecule has 0 aliphatic carbocycles. The minimum atomic E-state index is 0.151. The highest BCUT2D eigenvalue weighted by Gasteiger charge is 2.38. The number of aromatic nitrogens is 5. The summed E-state index contributed by atoms with van der Waals surface area (Å²) in [5.41, 5.74) is 4.96. The number of hydrogen-bond donors (Lipinski definition) is 1. The van der Waals surface area contributed by atoms with Crippen molar-refractivity contribution < 1.29 is 9.47 Å². The van der Waals surface area contributed by atoms with Crippen LogP contribution in [0.5, 0.6) is 5.75 Å². The van der Waals surface area contributed by atoms with Crippen molar-refractivity contribution in [3.05, 3.63) is 59.9 Å². The standard InChI is InChI=1S/C27H31N7O2/c1-16-7-24(25(13-28-16)36-23-10-21-14-35-15-22(11-23)33(21)4)19-5-6-34-20(9-19)12-27(32-34)31-26-8-17(2)29-18(3)30-26/h5-9,12-13,21-23H,10-11,14-15H2,1-4H3,(H,29,30,31,32)/t21-,22+,23-. The summed E-state index contributed by atoms with van der Waals surface area (Å²) in [7, 11) is 2.20. The van der Waals surface area contributed by atoms with E-state index in [0.29, 0.717) is 12.1 Å². The Bertz CT molecular complexity index is 1380. The Labute approximate surface area is 210 Å². The number of hydrogen-bond acceptors (Lipinski definition) is 8. The Morgan fingerprint density at radius 1 is 0.972 bits per heavy atom. The second-order valence-electron chi connectivity index (χ2n) is 9.92. The molecule has 2 fully saturated rings. The van der Waals surface area contributed by atoms with Crippen LogP contribution in [-0.4, -0.2) is 67.9 Å². The van der Waals surface area contributed by atoms with Crippen LogP contribution in [0.25, 0.3) is 16.6 Å². The van der Waals surface area contributed by atoms with Gasteiger partial charge in [-0.3, -0.25) is 9.88 Å². The molecule has 0 spiro atoms. The molecule has 36 heavy (non-hydrogen) atoms. The maximum Gasteiger partial charge on any atom is 0.154 e. The van der Waals surface area contributed by atoms with E-state index in [2.05, 4.69) is 55.5 Å². The van der Waals surface area contributed by atoms with E-state index in [1.807, 2.05) is 49.8 Å². The van der Waals surface area contributed by atoms with Crippen LogP contribution in [0.1, 0.15) is 30.1 Å². The van der Waals surface area contributed by atoms with Crippen molar-refractivity contribution in [2.24, 2.45) is 0 Å². The van der Waals surface area contributed by atoms with Gasteiger partial charge in [0.25, 0.3) is 0 Å². The van der Waals surface area contributed by atoms with Gasteiger partial charge in [-0.15, -0.1) is 0 Å². The van der Waals surface area contributed by atoms with Crippen molar-refractivity contribution in [1.82, 2.24) is 29.5 Å². The smallest absolute Gasteiger partial charge is 0.154 e. The molecule has 4 aromatic heterocycles. The van der Waals surface area contributed by atoms with Gasteiger partial charge in [-0.25, -0.2) is 14.5 Å². The van der Waals surface area contributed by atoms with Crippen molar-refractivity contribution in [2.75, 3.05) is 25.6 Å². The minimum absolute atomic E-state index is 0.151. The van der Waals surface area contributed by atoms with Crippen LogP contribution in [0, 0.1) is 20.8 Å². The summed E-state index contributed by atoms with van der Waals surface area (Å²) in [5, 5.41) is 7.96. The summed E-state index contributed by atoms with van der Waals surface area (Å²) in [6, 6.07) is 11.0. The topological polar surface area (TPSA) is 89.7 Å². The van der Waals surface area contributed by atoms with Gasteiger partial charge in [0.05, 0.1) is 24.9 Å². The van der Waals surface area contributed by atoms with Gasteiger partial charge in [0.2, 0.25) is 0 Å². The highest BCUT2D eigenvalue weighted by atomic mass is 16.5. The van der Waals surface area contributed by atoms with Crippen molar-refractivity contribution in [3.63, 3.8) is 0 Å². The zero-order chi connectivity index (χ0) is 24.8. The summed E-state index contributed by atoms with van der Waals surface area (Å²) >= 11 is 0. The maximum atomic E-state index is 6.61. The van der Waals surface area contributed by atoms with E-state index in [4.69, 9.17) is 9.47 Å². The summed E-state index contributed by atoms with van der Waals surface area (Å²) in [6.07, 6.45) is 5.90. The molecule has 0 unspecified atom stereocenters. The van der Waals surface area contributed by atoms with Crippen molar-refractivity contribution in [3.8, 4) is 16.9 Å². The average molecular weight is 486 g/mol. The van der Waals surface area contributed by atoms with Gasteiger partial charge in [-0.2, -0.15) is 5.10 Å². The lowest BCUT2D eigenvalue weighted by Crippen LogP contribution is -2.57. The molecule has 3 atom stereocenters. The van der Waals surface area contributed by atoms with Crippen LogP contribution in [-0.2, 0) is 4.74 Å². The van der Waals surface area contributed by atoms with Crippen LogP contribution in [0.3, 0.4) is 0 Å². The molecule has 0 saturated carbocycles. The van der Waals surface area contributed by atoms with E-state index in [0.717, 1.165) is 77.3 Å². The summed E-state index contributed by atoms with van der Waals surface area (Å²) in [4.78, 5) is 15.8. The van der Waals surface area contributed by atoms with E-state index < -0.39 is 0 Å². The first-order valence-electron chi connectivity index (χ1n) is 12.4. The molecular weight excluding hydrogens is 454 g/mol. The molecule has 2 bridgehead atoms. The Hall–Kier alpha value is -3.56. The zero-order valence-electron chi connectivity index (χ0n) is 21.1. The van der Waals surface area contributed by atoms with Crippen molar-refractivity contribution in [1.29, 1.82) is 0 Å². The molecule has 2 aliphatic heterocycles. The van der Waals surface area contributed by atoms with Gasteiger partial charge < -0.3 is 14.8 Å². The summed E-state index contributed by atoms with van der Waals surface area (Å²) in [5.74, 6) is 3.01. The second-order valence-corrected chi connectivity index (χ2v) is 9.92. The molecule has 9 nitrogen and oxygen atoms in total. The lowest BCUT2D eigenvalue weighted by atomic mass is 9.92. The molecule has 0 aromatic carbocycles. The fourth-order valence-corrected chi connectivity index (χ4v) is 5.32. The quantitative estimate of drug-likeness (QED) is 0.452. The van der Waals surface area contributed by atoms with Crippen LogP contribution in [0.2, 0.25) is 0 Å². The number of pyridine rings is 2. The Morgan fingerprint density at radius 2 is 1.78 bits per heavy atom. The van der Waals surface area contributed by atoms with Gasteiger partial charge in [-0.1, -0.05) is 0 Å². The van der Waals surface area contributed by atoms with Crippen molar-refractivity contribution in [2.45, 2.75) is 51.8 Å². The molecule has 0 amide bonds. The fourth-order valence-electron chi connectivity index (χ4n) is 5.32. The second kappa shape index (κ2) is 9.15. The molecule has 2 aliphatic rings. The number of nitrogens with zero attached hydrogens (tertiary/aromatic N) is 6. The minimum Gasteiger partial charge on any atom is -0.488 e. The monoisotopic (exact) mass is 485 g/mol. The largest absolute Gasteiger partial charge is 0.488 e. The predicted octanol–water partition coefficient (Wildman–Crippen LogP) is 4.10. The van der Waals surface area contributed by atoms with E-state index in [-0.39, 0.29) is 6.10 Å². The molecule has 2 saturated heterocycles. The molecule has 4 aromatic rings. The number of likely N-dealkylation sites (N-methyl/N-ethyl adjacent to an activating group) is 1. The number of anilines is 2. The third-order valence-corrected chi connectivity index (χ3v) is 7.14. The predicted molar refractivity (Wildman–Crippen MR) is 138 cm³/mol. The molecule has 0 radical (unpaired) electrons. The molecule has 186 valence electrons. The molecule has 6 heterocycles. The maximum absolute atomic E-state index is 6.61. The third-order valence-electron chi connectivity index (χ3n) is 7.14. The van der Waals surface area contributed by atoms with E-state index in [9.17, 15) is 0 Å². The van der Waals surface area contributed by atoms with E-state index in [1.54, 1.807) is 0 Å². The molecule has 9 heteroatoms. The third kappa shape index (κ3) is 4.52. The highest BCUT2D eigenvalue weighted by molar-refractivity contribution is 5.75. The van der Waals surface area contributed by atoms with Gasteiger partial charge >= 0.3 is 0 Å². The fraction of sp³-hybridized carbons (Fsp3) is 0.407. The van der Waals surface area contributed by atoms with E-state index >= 15 is 0 Å². The van der Waals surface area contributed by atoms with Gasteiger partial charge in [0.1, 0.15) is 23.5 Å². The first kappa shape index (κ1) is 22.9. The molecule has 6 rings (SSSR count).